The van der Waals surface area contributed by atoms with E-state index in [1.54, 1.807) is 32.9 Å². The van der Waals surface area contributed by atoms with Crippen LogP contribution in [0, 0.1) is 11.8 Å². The SMILES string of the molecule is CC#CCOc1ccc(S(=O)(=O)N2C[C@H](C)O[C@@H](C)[C@@H]2C(=O)OC)cc1. The summed E-state index contributed by atoms with van der Waals surface area (Å²) >= 11 is 0. The van der Waals surface area contributed by atoms with Crippen LogP contribution in [0.15, 0.2) is 29.2 Å². The minimum atomic E-state index is -3.91. The van der Waals surface area contributed by atoms with Crippen molar-refractivity contribution < 1.29 is 27.4 Å². The van der Waals surface area contributed by atoms with Gasteiger partial charge in [-0.2, -0.15) is 4.31 Å². The van der Waals surface area contributed by atoms with Gasteiger partial charge in [0, 0.05) is 6.54 Å². The Kier molecular flexibility index (Phi) is 6.64. The first-order chi connectivity index (χ1) is 12.3. The van der Waals surface area contributed by atoms with Crippen LogP contribution in [0.2, 0.25) is 0 Å². The van der Waals surface area contributed by atoms with Gasteiger partial charge < -0.3 is 14.2 Å². The number of morpholine rings is 1. The lowest BCUT2D eigenvalue weighted by atomic mass is 10.1. The van der Waals surface area contributed by atoms with Gasteiger partial charge in [0.2, 0.25) is 10.0 Å². The van der Waals surface area contributed by atoms with Crippen LogP contribution in [0.25, 0.3) is 0 Å². The van der Waals surface area contributed by atoms with Gasteiger partial charge in [-0.3, -0.25) is 4.79 Å². The van der Waals surface area contributed by atoms with Crippen LogP contribution in [-0.4, -0.2) is 57.2 Å². The molecule has 1 aliphatic heterocycles. The number of carbonyl (C=O) groups excluding carboxylic acids is 1. The summed E-state index contributed by atoms with van der Waals surface area (Å²) in [6.07, 6.45) is -0.952. The van der Waals surface area contributed by atoms with Gasteiger partial charge >= 0.3 is 5.97 Å². The summed E-state index contributed by atoms with van der Waals surface area (Å²) in [5.41, 5.74) is 0. The Balaban J connectivity index is 2.30. The predicted octanol–water partition coefficient (Wildman–Crippen LogP) is 1.43. The van der Waals surface area contributed by atoms with Gasteiger partial charge in [-0.25, -0.2) is 8.42 Å². The maximum absolute atomic E-state index is 13.1. The molecule has 1 heterocycles. The van der Waals surface area contributed by atoms with Crippen molar-refractivity contribution in [3.8, 4) is 17.6 Å². The van der Waals surface area contributed by atoms with Crippen LogP contribution in [0.4, 0.5) is 0 Å². The van der Waals surface area contributed by atoms with E-state index in [9.17, 15) is 13.2 Å². The normalized spacial score (nSPS) is 23.6. The Morgan fingerprint density at radius 3 is 2.54 bits per heavy atom. The van der Waals surface area contributed by atoms with Crippen LogP contribution >= 0.6 is 0 Å². The second-order valence-electron chi connectivity index (χ2n) is 5.88. The number of sulfonamides is 1. The highest BCUT2D eigenvalue weighted by Gasteiger charge is 2.45. The number of esters is 1. The molecule has 0 amide bonds. The molecule has 0 bridgehead atoms. The number of hydrogen-bond acceptors (Lipinski definition) is 6. The molecule has 0 aliphatic carbocycles. The second kappa shape index (κ2) is 8.54. The molecule has 142 valence electrons. The smallest absolute Gasteiger partial charge is 0.326 e. The molecule has 3 atom stereocenters. The first kappa shape index (κ1) is 20.2. The van der Waals surface area contributed by atoms with E-state index >= 15 is 0 Å². The van der Waals surface area contributed by atoms with Crippen LogP contribution in [0.5, 0.6) is 5.75 Å². The summed E-state index contributed by atoms with van der Waals surface area (Å²) in [5.74, 6) is 5.34. The number of benzene rings is 1. The lowest BCUT2D eigenvalue weighted by Crippen LogP contribution is -2.58. The first-order valence-electron chi connectivity index (χ1n) is 8.19. The third-order valence-corrected chi connectivity index (χ3v) is 5.86. The monoisotopic (exact) mass is 381 g/mol. The van der Waals surface area contributed by atoms with E-state index < -0.39 is 28.1 Å². The van der Waals surface area contributed by atoms with Gasteiger partial charge in [-0.1, -0.05) is 5.92 Å². The van der Waals surface area contributed by atoms with Crippen molar-refractivity contribution in [3.63, 3.8) is 0 Å². The third-order valence-electron chi connectivity index (χ3n) is 4.00. The second-order valence-corrected chi connectivity index (χ2v) is 7.77. The van der Waals surface area contributed by atoms with Crippen molar-refractivity contribution in [3.05, 3.63) is 24.3 Å². The Morgan fingerprint density at radius 2 is 1.96 bits per heavy atom. The van der Waals surface area contributed by atoms with E-state index in [0.717, 1.165) is 4.31 Å². The summed E-state index contributed by atoms with van der Waals surface area (Å²) in [4.78, 5) is 12.2. The molecule has 0 N–H and O–H groups in total. The minimum Gasteiger partial charge on any atom is -0.481 e. The van der Waals surface area contributed by atoms with Gasteiger partial charge in [-0.15, -0.1) is 5.92 Å². The molecule has 0 unspecified atom stereocenters. The zero-order valence-corrected chi connectivity index (χ0v) is 16.1. The topological polar surface area (TPSA) is 82.1 Å². The third kappa shape index (κ3) is 4.36. The fourth-order valence-corrected chi connectivity index (χ4v) is 4.51. The summed E-state index contributed by atoms with van der Waals surface area (Å²) < 4.78 is 43.1. The first-order valence-corrected chi connectivity index (χ1v) is 9.63. The summed E-state index contributed by atoms with van der Waals surface area (Å²) in [7, 11) is -2.68. The van der Waals surface area contributed by atoms with E-state index in [0.29, 0.717) is 5.75 Å². The molecule has 1 fully saturated rings. The average molecular weight is 381 g/mol. The molecule has 1 aromatic rings. The van der Waals surface area contributed by atoms with Crippen molar-refractivity contribution >= 4 is 16.0 Å². The standard InChI is InChI=1S/C18H23NO6S/c1-5-6-11-24-15-7-9-16(10-8-15)26(21,22)19-12-13(2)25-14(3)17(19)18(20)23-4/h7-10,13-14,17H,11-12H2,1-4H3/t13-,14-,17+/m0/s1. The van der Waals surface area contributed by atoms with E-state index in [2.05, 4.69) is 11.8 Å². The molecular formula is C18H23NO6S. The molecule has 0 radical (unpaired) electrons. The van der Waals surface area contributed by atoms with Gasteiger partial charge in [0.15, 0.2) is 0 Å². The predicted molar refractivity (Wildman–Crippen MR) is 95.1 cm³/mol. The molecule has 8 heteroatoms. The molecule has 1 saturated heterocycles. The van der Waals surface area contributed by atoms with Gasteiger partial charge in [0.1, 0.15) is 18.4 Å². The van der Waals surface area contributed by atoms with E-state index in [4.69, 9.17) is 14.2 Å². The maximum Gasteiger partial charge on any atom is 0.326 e. The lowest BCUT2D eigenvalue weighted by molar-refractivity contribution is -0.158. The van der Waals surface area contributed by atoms with E-state index in [-0.39, 0.29) is 24.2 Å². The maximum atomic E-state index is 13.1. The molecular weight excluding hydrogens is 358 g/mol. The number of ether oxygens (including phenoxy) is 3. The molecule has 26 heavy (non-hydrogen) atoms. The van der Waals surface area contributed by atoms with Crippen LogP contribution in [-0.2, 0) is 24.3 Å². The van der Waals surface area contributed by atoms with E-state index in [1.807, 2.05) is 0 Å². The molecule has 7 nitrogen and oxygen atoms in total. The van der Waals surface area contributed by atoms with Crippen LogP contribution < -0.4 is 4.74 Å². The number of hydrogen-bond donors (Lipinski definition) is 0. The zero-order valence-electron chi connectivity index (χ0n) is 15.3. The lowest BCUT2D eigenvalue weighted by Gasteiger charge is -2.39. The van der Waals surface area contributed by atoms with Crippen molar-refractivity contribution in [2.75, 3.05) is 20.3 Å². The fourth-order valence-electron chi connectivity index (χ4n) is 2.80. The van der Waals surface area contributed by atoms with Crippen molar-refractivity contribution in [2.24, 2.45) is 0 Å². The highest BCUT2D eigenvalue weighted by atomic mass is 32.2. The Morgan fingerprint density at radius 1 is 1.31 bits per heavy atom. The van der Waals surface area contributed by atoms with Crippen molar-refractivity contribution in [1.82, 2.24) is 4.31 Å². The summed E-state index contributed by atoms with van der Waals surface area (Å²) in [6.45, 7) is 5.42. The van der Waals surface area contributed by atoms with Crippen LogP contribution in [0.1, 0.15) is 20.8 Å². The van der Waals surface area contributed by atoms with Gasteiger partial charge in [-0.05, 0) is 45.0 Å². The van der Waals surface area contributed by atoms with Crippen molar-refractivity contribution in [1.29, 1.82) is 0 Å². The highest BCUT2D eigenvalue weighted by Crippen LogP contribution is 2.27. The molecule has 0 saturated carbocycles. The number of carbonyl (C=O) groups is 1. The Bertz CT molecular complexity index is 793. The Labute approximate surface area is 154 Å². The quantitative estimate of drug-likeness (QED) is 0.567. The molecule has 1 aliphatic rings. The minimum absolute atomic E-state index is 0.0663. The summed E-state index contributed by atoms with van der Waals surface area (Å²) in [5, 5.41) is 0. The van der Waals surface area contributed by atoms with Gasteiger partial charge in [0.05, 0.1) is 24.2 Å². The molecule has 2 rings (SSSR count). The summed E-state index contributed by atoms with van der Waals surface area (Å²) in [6, 6.07) is 4.98. The van der Waals surface area contributed by atoms with Crippen molar-refractivity contribution in [2.45, 2.75) is 43.9 Å². The van der Waals surface area contributed by atoms with E-state index in [1.165, 1.54) is 19.2 Å². The average Bonchev–Trinajstić information content (AvgIpc) is 2.61. The number of methoxy groups -OCH3 is 1. The number of rotatable bonds is 5. The zero-order chi connectivity index (χ0) is 19.3. The molecule has 0 spiro atoms. The van der Waals surface area contributed by atoms with Crippen LogP contribution in [0.3, 0.4) is 0 Å². The number of nitrogens with zero attached hydrogens (tertiary/aromatic N) is 1. The molecule has 0 aromatic heterocycles. The Hall–Kier alpha value is -2.08. The highest BCUT2D eigenvalue weighted by molar-refractivity contribution is 7.89. The molecule has 1 aromatic carbocycles. The largest absolute Gasteiger partial charge is 0.481 e. The fraction of sp³-hybridized carbons (Fsp3) is 0.500. The van der Waals surface area contributed by atoms with Gasteiger partial charge in [0.25, 0.3) is 0 Å².